The van der Waals surface area contributed by atoms with Gasteiger partial charge in [0.25, 0.3) is 5.78 Å². The summed E-state index contributed by atoms with van der Waals surface area (Å²) in [5.74, 6) is 2.74. The van der Waals surface area contributed by atoms with E-state index in [1.807, 2.05) is 18.2 Å². The molecule has 1 fully saturated rings. The molecule has 0 atom stereocenters. The molecule has 5 rings (SSSR count). The van der Waals surface area contributed by atoms with Crippen molar-refractivity contribution < 1.29 is 22.4 Å². The molecule has 0 unspecified atom stereocenters. The van der Waals surface area contributed by atoms with Gasteiger partial charge in [-0.2, -0.15) is 18.9 Å². The first kappa shape index (κ1) is 24.0. The van der Waals surface area contributed by atoms with Crippen molar-refractivity contribution >= 4 is 21.6 Å². The minimum absolute atomic E-state index is 0.143. The first-order valence-electron chi connectivity index (χ1n) is 11.4. The second kappa shape index (κ2) is 9.39. The van der Waals surface area contributed by atoms with Crippen LogP contribution in [0.2, 0.25) is 0 Å². The second-order valence-corrected chi connectivity index (χ2v) is 10.3. The van der Waals surface area contributed by atoms with Crippen LogP contribution in [0.1, 0.15) is 17.9 Å². The fraction of sp³-hybridized carbons (Fsp3) is 0.391. The molecule has 0 saturated carbocycles. The number of ether oxygens (including phenoxy) is 2. The molecule has 0 N–H and O–H groups in total. The van der Waals surface area contributed by atoms with Gasteiger partial charge in [-0.3, -0.25) is 0 Å². The number of hydrogen-bond donors (Lipinski definition) is 0. The number of anilines is 1. The molecule has 0 bridgehead atoms. The summed E-state index contributed by atoms with van der Waals surface area (Å²) >= 11 is 0. The lowest BCUT2D eigenvalue weighted by Gasteiger charge is -2.26. The van der Waals surface area contributed by atoms with Crippen molar-refractivity contribution in [3.63, 3.8) is 0 Å². The maximum absolute atomic E-state index is 13.4. The van der Waals surface area contributed by atoms with Gasteiger partial charge in [0.05, 0.1) is 14.2 Å². The molecule has 190 valence electrons. The normalized spacial score (nSPS) is 15.3. The van der Waals surface area contributed by atoms with Crippen LogP contribution in [-0.2, 0) is 10.0 Å². The highest BCUT2D eigenvalue weighted by Gasteiger charge is 2.33. The van der Waals surface area contributed by atoms with Crippen LogP contribution < -0.4 is 14.4 Å². The highest BCUT2D eigenvalue weighted by molar-refractivity contribution is 7.89. The zero-order valence-corrected chi connectivity index (χ0v) is 21.3. The molecular formula is C23H27N7O5S. The van der Waals surface area contributed by atoms with Crippen LogP contribution in [0.5, 0.6) is 11.5 Å². The number of methoxy groups -OCH3 is 2. The van der Waals surface area contributed by atoms with E-state index in [-0.39, 0.29) is 11.4 Å². The molecule has 4 heterocycles. The third-order valence-electron chi connectivity index (χ3n) is 6.30. The molecule has 4 aromatic rings. The first-order valence-corrected chi connectivity index (χ1v) is 12.9. The summed E-state index contributed by atoms with van der Waals surface area (Å²) in [5, 5.41) is 8.24. The Labute approximate surface area is 208 Å². The van der Waals surface area contributed by atoms with Gasteiger partial charge >= 0.3 is 0 Å². The van der Waals surface area contributed by atoms with Gasteiger partial charge in [0, 0.05) is 37.9 Å². The smallest absolute Gasteiger partial charge is 0.254 e. The van der Waals surface area contributed by atoms with Gasteiger partial charge in [-0.25, -0.2) is 13.4 Å². The Bertz CT molecular complexity index is 1500. The van der Waals surface area contributed by atoms with Crippen molar-refractivity contribution in [2.75, 3.05) is 45.3 Å². The first-order chi connectivity index (χ1) is 17.3. The monoisotopic (exact) mass is 513 g/mol. The fourth-order valence-corrected chi connectivity index (χ4v) is 6.36. The van der Waals surface area contributed by atoms with Gasteiger partial charge in [0.15, 0.2) is 17.3 Å². The number of aryl methyl sites for hydroxylation is 2. The lowest BCUT2D eigenvalue weighted by atomic mass is 10.1. The maximum Gasteiger partial charge on any atom is 0.254 e. The van der Waals surface area contributed by atoms with E-state index in [1.54, 1.807) is 38.8 Å². The van der Waals surface area contributed by atoms with Crippen molar-refractivity contribution in [3.05, 3.63) is 42.2 Å². The quantitative estimate of drug-likeness (QED) is 0.379. The van der Waals surface area contributed by atoms with Crippen molar-refractivity contribution in [1.29, 1.82) is 0 Å². The standard InChI is InChI=1S/C23H27N7O5S/c1-15-21(16(2)35-27-15)36(31,32)29-9-5-8-28(10-11-29)22-18(13-24-23-25-14-26-30(22)23)17-6-7-19(33-3)20(12-17)34-4/h6-7,12-14H,5,8-11H2,1-4H3. The lowest BCUT2D eigenvalue weighted by molar-refractivity contribution is 0.355. The van der Waals surface area contributed by atoms with Crippen molar-refractivity contribution in [2.24, 2.45) is 0 Å². The lowest BCUT2D eigenvalue weighted by Crippen LogP contribution is -2.36. The molecule has 1 aliphatic heterocycles. The van der Waals surface area contributed by atoms with E-state index >= 15 is 0 Å². The van der Waals surface area contributed by atoms with Gasteiger partial charge in [0.2, 0.25) is 10.0 Å². The van der Waals surface area contributed by atoms with E-state index in [1.165, 1.54) is 10.6 Å². The summed E-state index contributed by atoms with van der Waals surface area (Å²) in [4.78, 5) is 11.0. The molecule has 1 aliphatic rings. The van der Waals surface area contributed by atoms with Gasteiger partial charge in [0.1, 0.15) is 22.7 Å². The predicted molar refractivity (Wildman–Crippen MR) is 131 cm³/mol. The van der Waals surface area contributed by atoms with Crippen LogP contribution in [0.15, 0.2) is 40.1 Å². The summed E-state index contributed by atoms with van der Waals surface area (Å²) in [7, 11) is -0.570. The summed E-state index contributed by atoms with van der Waals surface area (Å²) in [6.07, 6.45) is 3.83. The Hall–Kier alpha value is -3.71. The average molecular weight is 514 g/mol. The Kier molecular flexibility index (Phi) is 6.26. The SMILES string of the molecule is COc1ccc(-c2cnc3ncnn3c2N2CCCN(S(=O)(=O)c3c(C)noc3C)CC2)cc1OC. The largest absolute Gasteiger partial charge is 0.493 e. The molecule has 0 spiro atoms. The molecule has 1 saturated heterocycles. The van der Waals surface area contributed by atoms with Crippen molar-refractivity contribution in [1.82, 2.24) is 29.0 Å². The third kappa shape index (κ3) is 4.03. The van der Waals surface area contributed by atoms with Crippen molar-refractivity contribution in [3.8, 4) is 22.6 Å². The van der Waals surface area contributed by atoms with Crippen LogP contribution >= 0.6 is 0 Å². The number of benzene rings is 1. The molecule has 1 aromatic carbocycles. The Morgan fingerprint density at radius 3 is 2.53 bits per heavy atom. The molecule has 13 heteroatoms. The van der Waals surface area contributed by atoms with Crippen LogP contribution in [-0.4, -0.2) is 77.9 Å². The Morgan fingerprint density at radius 1 is 1.00 bits per heavy atom. The number of hydrogen-bond acceptors (Lipinski definition) is 10. The number of nitrogens with zero attached hydrogens (tertiary/aromatic N) is 7. The summed E-state index contributed by atoms with van der Waals surface area (Å²) in [6, 6.07) is 5.65. The maximum atomic E-state index is 13.4. The molecule has 0 radical (unpaired) electrons. The van der Waals surface area contributed by atoms with E-state index < -0.39 is 10.0 Å². The van der Waals surface area contributed by atoms with E-state index in [0.717, 1.165) is 16.9 Å². The number of sulfonamides is 1. The van der Waals surface area contributed by atoms with E-state index in [4.69, 9.17) is 14.0 Å². The minimum atomic E-state index is -3.75. The van der Waals surface area contributed by atoms with Crippen LogP contribution in [0.3, 0.4) is 0 Å². The highest BCUT2D eigenvalue weighted by atomic mass is 32.2. The number of aromatic nitrogens is 5. The van der Waals surface area contributed by atoms with Gasteiger partial charge < -0.3 is 18.9 Å². The molecule has 3 aromatic heterocycles. The van der Waals surface area contributed by atoms with Crippen LogP contribution in [0, 0.1) is 13.8 Å². The molecule has 36 heavy (non-hydrogen) atoms. The van der Waals surface area contributed by atoms with E-state index in [9.17, 15) is 8.42 Å². The minimum Gasteiger partial charge on any atom is -0.493 e. The van der Waals surface area contributed by atoms with Crippen LogP contribution in [0.25, 0.3) is 16.9 Å². The van der Waals surface area contributed by atoms with Gasteiger partial charge in [-0.15, -0.1) is 0 Å². The van der Waals surface area contributed by atoms with E-state index in [2.05, 4.69) is 25.1 Å². The molecule has 0 aliphatic carbocycles. The second-order valence-electron chi connectivity index (χ2n) is 8.44. The van der Waals surface area contributed by atoms with Gasteiger partial charge in [-0.05, 0) is 38.0 Å². The molecular weight excluding hydrogens is 486 g/mol. The van der Waals surface area contributed by atoms with Crippen molar-refractivity contribution in [2.45, 2.75) is 25.2 Å². The predicted octanol–water partition coefficient (Wildman–Crippen LogP) is 2.31. The summed E-state index contributed by atoms with van der Waals surface area (Å²) < 4.78 is 46.0. The highest BCUT2D eigenvalue weighted by Crippen LogP contribution is 2.37. The Balaban J connectivity index is 1.53. The summed E-state index contributed by atoms with van der Waals surface area (Å²) in [5.41, 5.74) is 2.04. The van der Waals surface area contributed by atoms with Gasteiger partial charge in [-0.1, -0.05) is 11.2 Å². The summed E-state index contributed by atoms with van der Waals surface area (Å²) in [6.45, 7) is 4.98. The topological polar surface area (TPSA) is 128 Å². The zero-order chi connectivity index (χ0) is 25.4. The zero-order valence-electron chi connectivity index (χ0n) is 20.5. The molecule has 12 nitrogen and oxygen atoms in total. The van der Waals surface area contributed by atoms with E-state index in [0.29, 0.717) is 54.8 Å². The molecule has 0 amide bonds. The number of rotatable bonds is 6. The van der Waals surface area contributed by atoms with Crippen LogP contribution in [0.4, 0.5) is 5.82 Å². The fourth-order valence-electron chi connectivity index (χ4n) is 4.60. The third-order valence-corrected chi connectivity index (χ3v) is 8.44. The average Bonchev–Trinajstić information content (AvgIpc) is 3.40. The number of fused-ring (bicyclic) bond motifs is 1. The Morgan fingerprint density at radius 2 is 1.81 bits per heavy atom.